The van der Waals surface area contributed by atoms with E-state index in [0.717, 1.165) is 25.9 Å². The highest BCUT2D eigenvalue weighted by molar-refractivity contribution is 7.89. The molecule has 22 heavy (non-hydrogen) atoms. The van der Waals surface area contributed by atoms with Crippen LogP contribution in [-0.4, -0.2) is 43.8 Å². The molecule has 1 N–H and O–H groups in total. The Labute approximate surface area is 135 Å². The van der Waals surface area contributed by atoms with Crippen LogP contribution in [-0.2, 0) is 10.0 Å². The molecule has 1 aromatic carbocycles. The van der Waals surface area contributed by atoms with Crippen LogP contribution in [0.25, 0.3) is 0 Å². The van der Waals surface area contributed by atoms with Gasteiger partial charge in [-0.2, -0.15) is 4.31 Å². The number of para-hydroxylation sites is 1. The molecular weight excluding hydrogens is 330 g/mol. The Morgan fingerprint density at radius 3 is 2.64 bits per heavy atom. The zero-order chi connectivity index (χ0) is 15.1. The fraction of sp³-hybridized carbons (Fsp3) is 0.538. The third-order valence-electron chi connectivity index (χ3n) is 4.42. The molecule has 2 heterocycles. The molecule has 0 aliphatic carbocycles. The highest BCUT2D eigenvalue weighted by Crippen LogP contribution is 2.39. The summed E-state index contributed by atoms with van der Waals surface area (Å²) in [6.45, 7) is 2.58. The quantitative estimate of drug-likeness (QED) is 0.659. The van der Waals surface area contributed by atoms with Crippen molar-refractivity contribution in [2.24, 2.45) is 5.41 Å². The van der Waals surface area contributed by atoms with E-state index in [1.165, 1.54) is 28.6 Å². The monoisotopic (exact) mass is 347 g/mol. The number of nitro benzene ring substituents is 1. The van der Waals surface area contributed by atoms with Crippen LogP contribution < -0.4 is 5.32 Å². The first-order valence-corrected chi connectivity index (χ1v) is 8.33. The number of nitrogens with one attached hydrogen (secondary N) is 1. The standard InChI is InChI=1S/C13H17N3O4S.ClH/c17-16(18)11-3-1-2-4-12(11)21(19,20)15-8-6-13(10-15)5-7-14-9-13;/h1-4,14H,5-10H2;1H. The smallest absolute Gasteiger partial charge is 0.289 e. The Balaban J connectivity index is 0.00000176. The molecule has 2 saturated heterocycles. The normalized spacial score (nSPS) is 25.3. The van der Waals surface area contributed by atoms with Crippen molar-refractivity contribution in [3.05, 3.63) is 34.4 Å². The summed E-state index contributed by atoms with van der Waals surface area (Å²) in [5, 5.41) is 14.3. The Morgan fingerprint density at radius 2 is 2.00 bits per heavy atom. The third-order valence-corrected chi connectivity index (χ3v) is 6.31. The maximum atomic E-state index is 12.7. The van der Waals surface area contributed by atoms with Gasteiger partial charge in [-0.15, -0.1) is 12.4 Å². The van der Waals surface area contributed by atoms with E-state index in [1.54, 1.807) is 0 Å². The Bertz CT molecular complexity index is 674. The minimum Gasteiger partial charge on any atom is -0.316 e. The van der Waals surface area contributed by atoms with E-state index in [2.05, 4.69) is 5.32 Å². The molecule has 122 valence electrons. The summed E-state index contributed by atoms with van der Waals surface area (Å²) in [4.78, 5) is 10.2. The van der Waals surface area contributed by atoms with E-state index in [1.807, 2.05) is 0 Å². The number of hydrogen-bond donors (Lipinski definition) is 1. The SMILES string of the molecule is Cl.O=[N+]([O-])c1ccccc1S(=O)(=O)N1CCC2(CCNC2)C1. The maximum Gasteiger partial charge on any atom is 0.289 e. The lowest BCUT2D eigenvalue weighted by Gasteiger charge is -2.22. The van der Waals surface area contributed by atoms with Gasteiger partial charge < -0.3 is 5.32 Å². The molecule has 0 saturated carbocycles. The number of nitro groups is 1. The Hall–Kier alpha value is -1.22. The summed E-state index contributed by atoms with van der Waals surface area (Å²) in [6, 6.07) is 5.54. The van der Waals surface area contributed by atoms with Crippen LogP contribution in [0, 0.1) is 15.5 Å². The number of halogens is 1. The maximum absolute atomic E-state index is 12.7. The second kappa shape index (κ2) is 6.11. The molecule has 2 aliphatic rings. The summed E-state index contributed by atoms with van der Waals surface area (Å²) in [5.74, 6) is 0. The van der Waals surface area contributed by atoms with Crippen LogP contribution in [0.2, 0.25) is 0 Å². The molecule has 1 aromatic rings. The first-order chi connectivity index (χ1) is 9.95. The number of rotatable bonds is 3. The summed E-state index contributed by atoms with van der Waals surface area (Å²) in [7, 11) is -3.81. The van der Waals surface area contributed by atoms with Crippen LogP contribution in [0.1, 0.15) is 12.8 Å². The van der Waals surface area contributed by atoms with E-state index in [0.29, 0.717) is 13.1 Å². The molecule has 1 atom stereocenters. The average Bonchev–Trinajstić information content (AvgIpc) is 3.10. The highest BCUT2D eigenvalue weighted by Gasteiger charge is 2.45. The lowest BCUT2D eigenvalue weighted by molar-refractivity contribution is -0.387. The Kier molecular flexibility index (Phi) is 4.76. The van der Waals surface area contributed by atoms with Gasteiger partial charge in [-0.1, -0.05) is 12.1 Å². The van der Waals surface area contributed by atoms with Crippen molar-refractivity contribution < 1.29 is 13.3 Å². The minimum absolute atomic E-state index is 0. The lowest BCUT2D eigenvalue weighted by atomic mass is 9.87. The highest BCUT2D eigenvalue weighted by atomic mass is 35.5. The summed E-state index contributed by atoms with van der Waals surface area (Å²) < 4.78 is 26.8. The van der Waals surface area contributed by atoms with Crippen LogP contribution in [0.4, 0.5) is 5.69 Å². The van der Waals surface area contributed by atoms with Crippen molar-refractivity contribution in [3.8, 4) is 0 Å². The van der Waals surface area contributed by atoms with E-state index in [9.17, 15) is 18.5 Å². The van der Waals surface area contributed by atoms with Gasteiger partial charge in [0.1, 0.15) is 0 Å². The van der Waals surface area contributed by atoms with E-state index in [4.69, 9.17) is 0 Å². The summed E-state index contributed by atoms with van der Waals surface area (Å²) in [5.41, 5.74) is -0.362. The minimum atomic E-state index is -3.81. The van der Waals surface area contributed by atoms with Crippen molar-refractivity contribution in [3.63, 3.8) is 0 Å². The molecule has 0 amide bonds. The van der Waals surface area contributed by atoms with E-state index in [-0.39, 0.29) is 28.4 Å². The van der Waals surface area contributed by atoms with E-state index >= 15 is 0 Å². The zero-order valence-electron chi connectivity index (χ0n) is 11.9. The van der Waals surface area contributed by atoms with Gasteiger partial charge in [0.2, 0.25) is 10.0 Å². The third kappa shape index (κ3) is 2.83. The number of benzene rings is 1. The van der Waals surface area contributed by atoms with Gasteiger partial charge in [0, 0.05) is 25.7 Å². The molecule has 3 rings (SSSR count). The predicted octanol–water partition coefficient (Wildman–Crippen LogP) is 1.39. The molecule has 2 aliphatic heterocycles. The summed E-state index contributed by atoms with van der Waals surface area (Å²) >= 11 is 0. The van der Waals surface area contributed by atoms with Crippen molar-refractivity contribution in [2.45, 2.75) is 17.7 Å². The first-order valence-electron chi connectivity index (χ1n) is 6.89. The molecule has 1 unspecified atom stereocenters. The van der Waals surface area contributed by atoms with Gasteiger partial charge in [-0.05, 0) is 30.9 Å². The number of hydrogen-bond acceptors (Lipinski definition) is 5. The van der Waals surface area contributed by atoms with Gasteiger partial charge in [-0.3, -0.25) is 10.1 Å². The fourth-order valence-corrected chi connectivity index (χ4v) is 4.92. The van der Waals surface area contributed by atoms with Gasteiger partial charge in [-0.25, -0.2) is 8.42 Å². The molecule has 7 nitrogen and oxygen atoms in total. The second-order valence-electron chi connectivity index (χ2n) is 5.74. The van der Waals surface area contributed by atoms with Crippen molar-refractivity contribution in [1.82, 2.24) is 9.62 Å². The van der Waals surface area contributed by atoms with Crippen molar-refractivity contribution in [1.29, 1.82) is 0 Å². The van der Waals surface area contributed by atoms with Crippen molar-refractivity contribution >= 4 is 28.1 Å². The number of sulfonamides is 1. The first kappa shape index (κ1) is 17.1. The lowest BCUT2D eigenvalue weighted by Crippen LogP contribution is -2.33. The zero-order valence-corrected chi connectivity index (χ0v) is 13.5. The number of nitrogens with zero attached hydrogens (tertiary/aromatic N) is 2. The topological polar surface area (TPSA) is 92.5 Å². The van der Waals surface area contributed by atoms with Gasteiger partial charge in [0.25, 0.3) is 5.69 Å². The van der Waals surface area contributed by atoms with Gasteiger partial charge >= 0.3 is 0 Å². The molecule has 0 radical (unpaired) electrons. The van der Waals surface area contributed by atoms with Crippen LogP contribution in [0.3, 0.4) is 0 Å². The largest absolute Gasteiger partial charge is 0.316 e. The average molecular weight is 348 g/mol. The molecule has 2 fully saturated rings. The van der Waals surface area contributed by atoms with Gasteiger partial charge in [0.05, 0.1) is 4.92 Å². The molecule has 9 heteroatoms. The Morgan fingerprint density at radius 1 is 1.27 bits per heavy atom. The van der Waals surface area contributed by atoms with Gasteiger partial charge in [0.15, 0.2) is 4.90 Å². The fourth-order valence-electron chi connectivity index (χ4n) is 3.21. The van der Waals surface area contributed by atoms with Crippen LogP contribution in [0.15, 0.2) is 29.2 Å². The predicted molar refractivity (Wildman–Crippen MR) is 83.6 cm³/mol. The summed E-state index contributed by atoms with van der Waals surface area (Å²) in [6.07, 6.45) is 1.76. The van der Waals surface area contributed by atoms with Crippen molar-refractivity contribution in [2.75, 3.05) is 26.2 Å². The molecular formula is C13H18ClN3O4S. The van der Waals surface area contributed by atoms with E-state index < -0.39 is 14.9 Å². The van der Waals surface area contributed by atoms with Crippen LogP contribution in [0.5, 0.6) is 0 Å². The van der Waals surface area contributed by atoms with Crippen LogP contribution >= 0.6 is 12.4 Å². The molecule has 1 spiro atoms. The second-order valence-corrected chi connectivity index (χ2v) is 7.65. The molecule has 0 bridgehead atoms. The molecule has 0 aromatic heterocycles.